The minimum Gasteiger partial charge on any atom is -0.353 e. The van der Waals surface area contributed by atoms with E-state index >= 15 is 0 Å². The van der Waals surface area contributed by atoms with Crippen LogP contribution in [0.4, 0.5) is 5.82 Å². The first-order valence-corrected chi connectivity index (χ1v) is 12.6. The Kier molecular flexibility index (Phi) is 7.02. The molecule has 0 bridgehead atoms. The maximum absolute atomic E-state index is 12.8. The Morgan fingerprint density at radius 1 is 0.939 bits per heavy atom. The van der Waals surface area contributed by atoms with Crippen LogP contribution in [-0.4, -0.2) is 95.5 Å². The normalized spacial score (nSPS) is 20.7. The van der Waals surface area contributed by atoms with Crippen LogP contribution in [-0.2, 0) is 4.79 Å². The molecule has 0 atom stereocenters. The predicted molar refractivity (Wildman–Crippen MR) is 132 cm³/mol. The summed E-state index contributed by atoms with van der Waals surface area (Å²) >= 11 is 12.3. The number of rotatable bonds is 5. The molecule has 3 heterocycles. The third-order valence-electron chi connectivity index (χ3n) is 7.16. The van der Waals surface area contributed by atoms with E-state index in [1.54, 1.807) is 24.5 Å². The van der Waals surface area contributed by atoms with Gasteiger partial charge in [0, 0.05) is 69.0 Å². The molecule has 7 nitrogen and oxygen atoms in total. The molecular formula is C24H30Cl2N6O. The Balaban J connectivity index is 1.09. The quantitative estimate of drug-likeness (QED) is 0.643. The molecule has 33 heavy (non-hydrogen) atoms. The molecule has 2 saturated heterocycles. The zero-order chi connectivity index (χ0) is 22.8. The van der Waals surface area contributed by atoms with Crippen molar-refractivity contribution in [1.82, 2.24) is 24.7 Å². The number of carbonyl (C=O) groups excluding carboxylic acids is 1. The second-order valence-corrected chi connectivity index (χ2v) is 9.99. The Hall–Kier alpha value is -1.93. The van der Waals surface area contributed by atoms with E-state index in [1.807, 2.05) is 11.0 Å². The van der Waals surface area contributed by atoms with Gasteiger partial charge >= 0.3 is 0 Å². The number of halogens is 2. The van der Waals surface area contributed by atoms with Crippen LogP contribution in [0, 0.1) is 0 Å². The van der Waals surface area contributed by atoms with Crippen LogP contribution >= 0.6 is 23.2 Å². The monoisotopic (exact) mass is 488 g/mol. The molecule has 0 radical (unpaired) electrons. The molecule has 1 aromatic carbocycles. The van der Waals surface area contributed by atoms with Crippen molar-refractivity contribution in [2.45, 2.75) is 25.3 Å². The van der Waals surface area contributed by atoms with Crippen molar-refractivity contribution in [2.24, 2.45) is 0 Å². The van der Waals surface area contributed by atoms with Crippen molar-refractivity contribution >= 4 is 34.9 Å². The molecule has 0 N–H and O–H groups in total. The van der Waals surface area contributed by atoms with E-state index < -0.39 is 0 Å². The van der Waals surface area contributed by atoms with Crippen LogP contribution in [0.15, 0.2) is 30.6 Å². The number of hydrogen-bond acceptors (Lipinski definition) is 6. The highest BCUT2D eigenvalue weighted by Crippen LogP contribution is 2.29. The van der Waals surface area contributed by atoms with Crippen molar-refractivity contribution in [3.8, 4) is 11.3 Å². The van der Waals surface area contributed by atoms with Gasteiger partial charge in [0.15, 0.2) is 0 Å². The standard InChI is InChI=1S/C24H30Cl2N6O/c25-18-4-5-20(21(26)14-18)22-15-28-23(16-27-22)31-8-6-29(7-9-31)17-24(33)32-12-10-30(11-13-32)19-2-1-3-19/h4-5,14-16,19H,1-3,6-13,17H2. The molecule has 1 saturated carbocycles. The van der Waals surface area contributed by atoms with E-state index in [4.69, 9.17) is 23.2 Å². The minimum atomic E-state index is 0.265. The van der Waals surface area contributed by atoms with Crippen molar-refractivity contribution < 1.29 is 4.79 Å². The van der Waals surface area contributed by atoms with E-state index in [-0.39, 0.29) is 5.91 Å². The summed E-state index contributed by atoms with van der Waals surface area (Å²) in [7, 11) is 0. The number of amides is 1. The van der Waals surface area contributed by atoms with Gasteiger partial charge in [0.05, 0.1) is 29.7 Å². The van der Waals surface area contributed by atoms with Gasteiger partial charge in [0.25, 0.3) is 0 Å². The predicted octanol–water partition coefficient (Wildman–Crippen LogP) is 3.27. The number of aromatic nitrogens is 2. The number of carbonyl (C=O) groups is 1. The first-order chi connectivity index (χ1) is 16.1. The molecule has 1 amide bonds. The third-order valence-corrected chi connectivity index (χ3v) is 7.71. The second-order valence-electron chi connectivity index (χ2n) is 9.15. The van der Waals surface area contributed by atoms with E-state index in [2.05, 4.69) is 24.7 Å². The van der Waals surface area contributed by atoms with E-state index in [9.17, 15) is 4.79 Å². The van der Waals surface area contributed by atoms with Gasteiger partial charge < -0.3 is 9.80 Å². The maximum atomic E-state index is 12.8. The average molecular weight is 489 g/mol. The van der Waals surface area contributed by atoms with E-state index in [0.717, 1.165) is 75.5 Å². The fourth-order valence-electron chi connectivity index (χ4n) is 4.84. The van der Waals surface area contributed by atoms with Gasteiger partial charge in [-0.2, -0.15) is 0 Å². The molecule has 9 heteroatoms. The molecule has 1 aromatic heterocycles. The highest BCUT2D eigenvalue weighted by molar-refractivity contribution is 6.36. The van der Waals surface area contributed by atoms with Gasteiger partial charge in [0.1, 0.15) is 5.82 Å². The summed E-state index contributed by atoms with van der Waals surface area (Å²) in [6.45, 7) is 7.66. The van der Waals surface area contributed by atoms with Crippen molar-refractivity contribution in [1.29, 1.82) is 0 Å². The summed E-state index contributed by atoms with van der Waals surface area (Å²) in [4.78, 5) is 31.1. The van der Waals surface area contributed by atoms with Gasteiger partial charge in [-0.05, 0) is 31.0 Å². The molecule has 5 rings (SSSR count). The van der Waals surface area contributed by atoms with Crippen LogP contribution in [0.1, 0.15) is 19.3 Å². The Labute approximate surface area is 205 Å². The minimum absolute atomic E-state index is 0.265. The van der Waals surface area contributed by atoms with Crippen molar-refractivity contribution in [2.75, 3.05) is 63.8 Å². The van der Waals surface area contributed by atoms with Crippen molar-refractivity contribution in [3.63, 3.8) is 0 Å². The lowest BCUT2D eigenvalue weighted by Gasteiger charge is -2.43. The maximum Gasteiger partial charge on any atom is 0.236 e. The zero-order valence-electron chi connectivity index (χ0n) is 18.8. The molecule has 2 aromatic rings. The molecule has 2 aliphatic heterocycles. The number of anilines is 1. The summed E-state index contributed by atoms with van der Waals surface area (Å²) in [5, 5.41) is 1.16. The SMILES string of the molecule is O=C(CN1CCN(c2cnc(-c3ccc(Cl)cc3Cl)cn2)CC1)N1CCN(C2CCC2)CC1. The second kappa shape index (κ2) is 10.1. The fraction of sp³-hybridized carbons (Fsp3) is 0.542. The topological polar surface area (TPSA) is 55.8 Å². The zero-order valence-corrected chi connectivity index (χ0v) is 20.3. The van der Waals surface area contributed by atoms with Gasteiger partial charge in [-0.3, -0.25) is 19.6 Å². The number of nitrogens with zero attached hydrogens (tertiary/aromatic N) is 6. The van der Waals surface area contributed by atoms with Crippen LogP contribution < -0.4 is 4.90 Å². The van der Waals surface area contributed by atoms with Gasteiger partial charge in [0.2, 0.25) is 5.91 Å². The Bertz CT molecular complexity index is 967. The number of hydrogen-bond donors (Lipinski definition) is 0. The molecule has 3 aliphatic rings. The Morgan fingerprint density at radius 3 is 2.30 bits per heavy atom. The first-order valence-electron chi connectivity index (χ1n) is 11.8. The van der Waals surface area contributed by atoms with Gasteiger partial charge in [-0.25, -0.2) is 4.98 Å². The van der Waals surface area contributed by atoms with Crippen molar-refractivity contribution in [3.05, 3.63) is 40.6 Å². The summed E-state index contributed by atoms with van der Waals surface area (Å²) in [5.74, 6) is 1.11. The lowest BCUT2D eigenvalue weighted by Crippen LogP contribution is -2.56. The van der Waals surface area contributed by atoms with Crippen LogP contribution in [0.2, 0.25) is 10.0 Å². The molecule has 0 unspecified atom stereocenters. The lowest BCUT2D eigenvalue weighted by atomic mass is 9.91. The third kappa shape index (κ3) is 5.27. The van der Waals surface area contributed by atoms with Crippen LogP contribution in [0.3, 0.4) is 0 Å². The number of piperazine rings is 2. The Morgan fingerprint density at radius 2 is 1.70 bits per heavy atom. The first kappa shape index (κ1) is 22.8. The van der Waals surface area contributed by atoms with Gasteiger partial charge in [-0.15, -0.1) is 0 Å². The van der Waals surface area contributed by atoms with Gasteiger partial charge in [-0.1, -0.05) is 29.6 Å². The summed E-state index contributed by atoms with van der Waals surface area (Å²) < 4.78 is 0. The number of benzene rings is 1. The van der Waals surface area contributed by atoms with E-state index in [1.165, 1.54) is 19.3 Å². The van der Waals surface area contributed by atoms with Crippen LogP contribution in [0.5, 0.6) is 0 Å². The fourth-order valence-corrected chi connectivity index (χ4v) is 5.34. The van der Waals surface area contributed by atoms with Crippen LogP contribution in [0.25, 0.3) is 11.3 Å². The largest absolute Gasteiger partial charge is 0.353 e. The summed E-state index contributed by atoms with van der Waals surface area (Å²) in [5.41, 5.74) is 1.54. The highest BCUT2D eigenvalue weighted by Gasteiger charge is 2.30. The molecule has 1 aliphatic carbocycles. The van der Waals surface area contributed by atoms with E-state index in [0.29, 0.717) is 16.6 Å². The molecule has 0 spiro atoms. The molecular weight excluding hydrogens is 459 g/mol. The molecule has 176 valence electrons. The molecule has 3 fully saturated rings. The highest BCUT2D eigenvalue weighted by atomic mass is 35.5. The lowest BCUT2D eigenvalue weighted by molar-refractivity contribution is -0.134. The average Bonchev–Trinajstić information content (AvgIpc) is 2.79. The smallest absolute Gasteiger partial charge is 0.236 e. The summed E-state index contributed by atoms with van der Waals surface area (Å²) in [6, 6.07) is 6.14. The summed E-state index contributed by atoms with van der Waals surface area (Å²) in [6.07, 6.45) is 7.58.